The van der Waals surface area contributed by atoms with Crippen molar-refractivity contribution in [2.24, 2.45) is 5.92 Å². The number of nitrogens with one attached hydrogen (secondary N) is 2. The predicted molar refractivity (Wildman–Crippen MR) is 73.2 cm³/mol. The van der Waals surface area contributed by atoms with Gasteiger partial charge in [-0.2, -0.15) is 0 Å². The summed E-state index contributed by atoms with van der Waals surface area (Å²) in [6.45, 7) is 3.95. The van der Waals surface area contributed by atoms with Crippen LogP contribution in [-0.2, 0) is 0 Å². The fourth-order valence-electron chi connectivity index (χ4n) is 1.86. The molecule has 1 aromatic rings. The number of rotatable bonds is 8. The van der Waals surface area contributed by atoms with Gasteiger partial charge in [-0.3, -0.25) is 0 Å². The van der Waals surface area contributed by atoms with Gasteiger partial charge in [0.1, 0.15) is 6.33 Å². The summed E-state index contributed by atoms with van der Waals surface area (Å²) in [6, 6.07) is 0. The van der Waals surface area contributed by atoms with Gasteiger partial charge in [0.25, 0.3) is 0 Å². The molecule has 1 aliphatic rings. The number of nitrogens with zero attached hydrogens (tertiary/aromatic N) is 2. The van der Waals surface area contributed by atoms with Crippen LogP contribution in [-0.4, -0.2) is 30.2 Å². The van der Waals surface area contributed by atoms with Crippen LogP contribution in [0.1, 0.15) is 32.6 Å². The highest BCUT2D eigenvalue weighted by Crippen LogP contribution is 2.33. The molecule has 0 aliphatic heterocycles. The second-order valence-electron chi connectivity index (χ2n) is 4.69. The number of hydrogen-bond acceptors (Lipinski definition) is 5. The van der Waals surface area contributed by atoms with E-state index in [4.69, 9.17) is 4.74 Å². The van der Waals surface area contributed by atoms with E-state index in [0.717, 1.165) is 37.1 Å². The third-order valence-corrected chi connectivity index (χ3v) is 3.09. The minimum atomic E-state index is 0.710. The van der Waals surface area contributed by atoms with Gasteiger partial charge in [-0.15, -0.1) is 0 Å². The van der Waals surface area contributed by atoms with Crippen molar-refractivity contribution in [2.75, 3.05) is 30.8 Å². The number of anilines is 2. The summed E-state index contributed by atoms with van der Waals surface area (Å²) in [5.74, 6) is 3.18. The Morgan fingerprint density at radius 3 is 2.44 bits per heavy atom. The summed E-state index contributed by atoms with van der Waals surface area (Å²) in [5, 5.41) is 6.59. The maximum absolute atomic E-state index is 5.40. The molecule has 0 radical (unpaired) electrons. The van der Waals surface area contributed by atoms with Gasteiger partial charge in [0.2, 0.25) is 5.75 Å². The zero-order chi connectivity index (χ0) is 12.8. The van der Waals surface area contributed by atoms with Gasteiger partial charge in [0, 0.05) is 13.1 Å². The van der Waals surface area contributed by atoms with Crippen LogP contribution in [0.25, 0.3) is 0 Å². The van der Waals surface area contributed by atoms with E-state index in [1.165, 1.54) is 19.3 Å². The molecule has 1 fully saturated rings. The fourth-order valence-corrected chi connectivity index (χ4v) is 1.86. The largest absolute Gasteiger partial charge is 0.490 e. The molecule has 1 aromatic heterocycles. The van der Waals surface area contributed by atoms with E-state index in [0.29, 0.717) is 5.75 Å². The summed E-state index contributed by atoms with van der Waals surface area (Å²) in [5.41, 5.74) is 0. The molecule has 100 valence electrons. The Labute approximate surface area is 108 Å². The zero-order valence-electron chi connectivity index (χ0n) is 11.2. The smallest absolute Gasteiger partial charge is 0.204 e. The summed E-state index contributed by atoms with van der Waals surface area (Å²) in [7, 11) is 1.65. The first-order valence-corrected chi connectivity index (χ1v) is 6.71. The molecule has 18 heavy (non-hydrogen) atoms. The lowest BCUT2D eigenvalue weighted by Gasteiger charge is -2.13. The van der Waals surface area contributed by atoms with Gasteiger partial charge in [0.05, 0.1) is 7.11 Å². The summed E-state index contributed by atoms with van der Waals surface area (Å²) in [4.78, 5) is 8.46. The molecule has 1 heterocycles. The van der Waals surface area contributed by atoms with Crippen molar-refractivity contribution >= 4 is 11.6 Å². The second-order valence-corrected chi connectivity index (χ2v) is 4.69. The third kappa shape index (κ3) is 3.48. The van der Waals surface area contributed by atoms with E-state index in [2.05, 4.69) is 27.5 Å². The van der Waals surface area contributed by atoms with Crippen LogP contribution in [0.15, 0.2) is 6.33 Å². The normalized spacial score (nSPS) is 14.3. The van der Waals surface area contributed by atoms with E-state index in [1.54, 1.807) is 13.4 Å². The van der Waals surface area contributed by atoms with E-state index < -0.39 is 0 Å². The molecule has 1 saturated carbocycles. The van der Waals surface area contributed by atoms with Crippen molar-refractivity contribution in [1.29, 1.82) is 0 Å². The van der Waals surface area contributed by atoms with E-state index in [9.17, 15) is 0 Å². The van der Waals surface area contributed by atoms with Gasteiger partial charge in [0.15, 0.2) is 11.6 Å². The minimum Gasteiger partial charge on any atom is -0.490 e. The lowest BCUT2D eigenvalue weighted by atomic mass is 10.3. The highest BCUT2D eigenvalue weighted by Gasteiger charge is 2.20. The Bertz CT molecular complexity index is 379. The van der Waals surface area contributed by atoms with Gasteiger partial charge < -0.3 is 15.4 Å². The molecule has 5 nitrogen and oxygen atoms in total. The Morgan fingerprint density at radius 2 is 1.89 bits per heavy atom. The molecule has 1 aliphatic carbocycles. The van der Waals surface area contributed by atoms with Crippen LogP contribution in [0.3, 0.4) is 0 Å². The van der Waals surface area contributed by atoms with Crippen LogP contribution >= 0.6 is 0 Å². The van der Waals surface area contributed by atoms with Crippen LogP contribution in [0.4, 0.5) is 11.6 Å². The first kappa shape index (κ1) is 12.9. The Kier molecular flexibility index (Phi) is 4.61. The average molecular weight is 250 g/mol. The van der Waals surface area contributed by atoms with Crippen molar-refractivity contribution in [3.8, 4) is 5.75 Å². The van der Waals surface area contributed by atoms with Crippen molar-refractivity contribution in [1.82, 2.24) is 9.97 Å². The van der Waals surface area contributed by atoms with Gasteiger partial charge in [-0.05, 0) is 18.8 Å². The Hall–Kier alpha value is -1.52. The zero-order valence-corrected chi connectivity index (χ0v) is 11.2. The molecular weight excluding hydrogens is 228 g/mol. The molecule has 0 spiro atoms. The standard InChI is InChI=1S/C13H22N4O/c1-3-7-14-12-11(18-2)13(17-9-16-12)15-8-6-10-4-5-10/h9-10H,3-8H2,1-2H3,(H2,14,15,16,17). The summed E-state index contributed by atoms with van der Waals surface area (Å²) < 4.78 is 5.40. The maximum atomic E-state index is 5.40. The molecule has 5 heteroatoms. The third-order valence-electron chi connectivity index (χ3n) is 3.09. The monoisotopic (exact) mass is 250 g/mol. The van der Waals surface area contributed by atoms with Crippen molar-refractivity contribution in [3.63, 3.8) is 0 Å². The fraction of sp³-hybridized carbons (Fsp3) is 0.692. The topological polar surface area (TPSA) is 59.1 Å². The molecule has 0 bridgehead atoms. The lowest BCUT2D eigenvalue weighted by molar-refractivity contribution is 0.414. The van der Waals surface area contributed by atoms with E-state index in [-0.39, 0.29) is 0 Å². The average Bonchev–Trinajstić information content (AvgIpc) is 3.20. The number of methoxy groups -OCH3 is 1. The number of ether oxygens (including phenoxy) is 1. The predicted octanol–water partition coefficient (Wildman–Crippen LogP) is 2.52. The van der Waals surface area contributed by atoms with Crippen LogP contribution < -0.4 is 15.4 Å². The first-order chi connectivity index (χ1) is 8.85. The molecule has 2 N–H and O–H groups in total. The SMILES string of the molecule is CCCNc1ncnc(NCCC2CC2)c1OC. The highest BCUT2D eigenvalue weighted by molar-refractivity contribution is 5.63. The molecule has 0 saturated heterocycles. The lowest BCUT2D eigenvalue weighted by Crippen LogP contribution is -2.10. The van der Waals surface area contributed by atoms with Gasteiger partial charge in [-0.1, -0.05) is 19.8 Å². The van der Waals surface area contributed by atoms with Crippen LogP contribution in [0.5, 0.6) is 5.75 Å². The summed E-state index contributed by atoms with van der Waals surface area (Å²) >= 11 is 0. The van der Waals surface area contributed by atoms with Crippen molar-refractivity contribution < 1.29 is 4.74 Å². The molecule has 2 rings (SSSR count). The first-order valence-electron chi connectivity index (χ1n) is 6.71. The second kappa shape index (κ2) is 6.42. The van der Waals surface area contributed by atoms with Crippen LogP contribution in [0.2, 0.25) is 0 Å². The van der Waals surface area contributed by atoms with Crippen molar-refractivity contribution in [3.05, 3.63) is 6.33 Å². The molecule has 0 atom stereocenters. The van der Waals surface area contributed by atoms with E-state index >= 15 is 0 Å². The van der Waals surface area contributed by atoms with Gasteiger partial charge in [-0.25, -0.2) is 9.97 Å². The quantitative estimate of drug-likeness (QED) is 0.742. The molecular formula is C13H22N4O. The highest BCUT2D eigenvalue weighted by atomic mass is 16.5. The minimum absolute atomic E-state index is 0.710. The van der Waals surface area contributed by atoms with E-state index in [1.807, 2.05) is 0 Å². The Morgan fingerprint density at radius 1 is 1.22 bits per heavy atom. The molecule has 0 amide bonds. The number of aromatic nitrogens is 2. The number of hydrogen-bond donors (Lipinski definition) is 2. The van der Waals surface area contributed by atoms with Gasteiger partial charge >= 0.3 is 0 Å². The van der Waals surface area contributed by atoms with Crippen LogP contribution in [0, 0.1) is 5.92 Å². The maximum Gasteiger partial charge on any atom is 0.204 e. The molecule has 0 unspecified atom stereocenters. The summed E-state index contributed by atoms with van der Waals surface area (Å²) in [6.07, 6.45) is 6.60. The van der Waals surface area contributed by atoms with Crippen molar-refractivity contribution in [2.45, 2.75) is 32.6 Å². The Balaban J connectivity index is 1.97. The molecule has 0 aromatic carbocycles.